The molecular formula is C5H3KN3-. The van der Waals surface area contributed by atoms with Gasteiger partial charge in [0.15, 0.2) is 0 Å². The molecule has 0 fully saturated rings. The molecule has 9 heavy (non-hydrogen) atoms. The minimum atomic E-state index is 0. The molecule has 0 atom stereocenters. The Kier molecular flexibility index (Phi) is 5.42. The van der Waals surface area contributed by atoms with Gasteiger partial charge in [0, 0.05) is 0 Å². The first-order valence-electron chi connectivity index (χ1n) is 2.09. The summed E-state index contributed by atoms with van der Waals surface area (Å²) in [5, 5.41) is 15.3. The Labute approximate surface area is 95.8 Å². The Morgan fingerprint density at radius 2 is 2.33 bits per heavy atom. The average molecular weight is 144 g/mol. The number of nitrogens with zero attached hydrogens (tertiary/aromatic N) is 3. The number of rotatable bonds is 1. The van der Waals surface area contributed by atoms with E-state index < -0.39 is 0 Å². The Hall–Kier alpha value is 0.386. The smallest absolute Gasteiger partial charge is 0.879 e. The van der Waals surface area contributed by atoms with Crippen molar-refractivity contribution in [3.8, 4) is 0 Å². The first-order valence-corrected chi connectivity index (χ1v) is 2.09. The molecule has 40 valence electrons. The SMILES string of the molecule is [K+].[N-]=Cc1[c-]cnnc1. The molecule has 1 aromatic rings. The van der Waals surface area contributed by atoms with E-state index in [4.69, 9.17) is 5.41 Å². The number of aromatic nitrogens is 2. The fraction of sp³-hybridized carbons (Fsp3) is 0. The van der Waals surface area contributed by atoms with Gasteiger partial charge in [-0.2, -0.15) is 16.7 Å². The van der Waals surface area contributed by atoms with Gasteiger partial charge < -0.3 is 11.6 Å². The average Bonchev–Trinajstić information content (AvgIpc) is 1.90. The van der Waals surface area contributed by atoms with Crippen molar-refractivity contribution in [1.29, 1.82) is 0 Å². The third-order valence-corrected chi connectivity index (χ3v) is 0.692. The number of hydrogen-bond donors (Lipinski definition) is 0. The zero-order valence-electron chi connectivity index (χ0n) is 5.07. The normalized spacial score (nSPS) is 7.56. The summed E-state index contributed by atoms with van der Waals surface area (Å²) in [6.45, 7) is 0. The number of hydrogen-bond acceptors (Lipinski definition) is 2. The maximum Gasteiger partial charge on any atom is 1.00 e. The monoisotopic (exact) mass is 144 g/mol. The molecule has 3 nitrogen and oxygen atoms in total. The minimum Gasteiger partial charge on any atom is -0.879 e. The van der Waals surface area contributed by atoms with Crippen molar-refractivity contribution < 1.29 is 51.4 Å². The maximum absolute atomic E-state index is 8.31. The van der Waals surface area contributed by atoms with Crippen LogP contribution in [-0.2, 0) is 0 Å². The van der Waals surface area contributed by atoms with Crippen molar-refractivity contribution >= 4 is 6.21 Å². The van der Waals surface area contributed by atoms with Crippen LogP contribution in [0.25, 0.3) is 5.41 Å². The van der Waals surface area contributed by atoms with Gasteiger partial charge in [-0.1, -0.05) is 6.20 Å². The zero-order chi connectivity index (χ0) is 5.82. The molecule has 0 amide bonds. The first-order chi connectivity index (χ1) is 3.93. The molecule has 0 bridgehead atoms. The van der Waals surface area contributed by atoms with E-state index in [0.29, 0.717) is 5.56 Å². The van der Waals surface area contributed by atoms with Crippen LogP contribution in [-0.4, -0.2) is 16.4 Å². The minimum absolute atomic E-state index is 0. The van der Waals surface area contributed by atoms with Gasteiger partial charge in [0.25, 0.3) is 0 Å². The summed E-state index contributed by atoms with van der Waals surface area (Å²) >= 11 is 0. The molecule has 0 aliphatic carbocycles. The summed E-state index contributed by atoms with van der Waals surface area (Å²) < 4.78 is 0. The van der Waals surface area contributed by atoms with E-state index in [9.17, 15) is 0 Å². The van der Waals surface area contributed by atoms with Gasteiger partial charge in [-0.05, 0) is 6.20 Å². The summed E-state index contributed by atoms with van der Waals surface area (Å²) in [5.74, 6) is 0. The van der Waals surface area contributed by atoms with Crippen molar-refractivity contribution in [3.63, 3.8) is 0 Å². The maximum atomic E-state index is 8.31. The third kappa shape index (κ3) is 3.17. The van der Waals surface area contributed by atoms with Crippen LogP contribution < -0.4 is 51.4 Å². The van der Waals surface area contributed by atoms with E-state index in [1.165, 1.54) is 12.4 Å². The van der Waals surface area contributed by atoms with Gasteiger partial charge in [-0.25, -0.2) is 5.10 Å². The standard InChI is InChI=1S/C5H3N3.K/c6-3-5-1-2-7-8-4-5;/h2-4H;/q-2;+1. The molecule has 4 heteroatoms. The summed E-state index contributed by atoms with van der Waals surface area (Å²) in [4.78, 5) is 0. The Morgan fingerprint density at radius 3 is 2.67 bits per heavy atom. The molecule has 0 saturated carbocycles. The van der Waals surface area contributed by atoms with Gasteiger partial charge in [-0.3, -0.25) is 0 Å². The molecule has 0 aliphatic heterocycles. The van der Waals surface area contributed by atoms with E-state index in [0.717, 1.165) is 6.21 Å². The van der Waals surface area contributed by atoms with Gasteiger partial charge in [0.05, 0.1) is 0 Å². The van der Waals surface area contributed by atoms with Crippen LogP contribution in [0.3, 0.4) is 0 Å². The van der Waals surface area contributed by atoms with Crippen LogP contribution in [0.2, 0.25) is 0 Å². The molecule has 0 spiro atoms. The summed E-state index contributed by atoms with van der Waals surface area (Å²) in [6, 6.07) is 2.64. The quantitative estimate of drug-likeness (QED) is 0.244. The molecular weight excluding hydrogens is 141 g/mol. The molecule has 1 heterocycles. The van der Waals surface area contributed by atoms with Crippen molar-refractivity contribution in [1.82, 2.24) is 10.2 Å². The molecule has 0 N–H and O–H groups in total. The molecule has 1 aromatic heterocycles. The molecule has 0 radical (unpaired) electrons. The van der Waals surface area contributed by atoms with E-state index in [2.05, 4.69) is 16.3 Å². The summed E-state index contributed by atoms with van der Waals surface area (Å²) in [7, 11) is 0. The van der Waals surface area contributed by atoms with E-state index in [1.54, 1.807) is 0 Å². The predicted molar refractivity (Wildman–Crippen MR) is 29.4 cm³/mol. The second-order valence-electron chi connectivity index (χ2n) is 1.22. The van der Waals surface area contributed by atoms with E-state index in [-0.39, 0.29) is 51.4 Å². The van der Waals surface area contributed by atoms with Crippen molar-refractivity contribution in [2.45, 2.75) is 0 Å². The van der Waals surface area contributed by atoms with Crippen LogP contribution in [0, 0.1) is 6.07 Å². The largest absolute Gasteiger partial charge is 1.00 e. The van der Waals surface area contributed by atoms with Crippen molar-refractivity contribution in [2.75, 3.05) is 0 Å². The van der Waals surface area contributed by atoms with Crippen LogP contribution in [0.5, 0.6) is 0 Å². The van der Waals surface area contributed by atoms with Crippen LogP contribution >= 0.6 is 0 Å². The van der Waals surface area contributed by atoms with Gasteiger partial charge in [-0.15, -0.1) is 0 Å². The van der Waals surface area contributed by atoms with Gasteiger partial charge >= 0.3 is 51.4 Å². The molecule has 1 rings (SSSR count). The Bertz CT molecular complexity index is 175. The second-order valence-corrected chi connectivity index (χ2v) is 1.22. The summed E-state index contributed by atoms with van der Waals surface area (Å²) in [6.07, 6.45) is 3.73. The fourth-order valence-electron chi connectivity index (χ4n) is 0.340. The molecule has 0 aromatic carbocycles. The molecule has 0 saturated heterocycles. The van der Waals surface area contributed by atoms with E-state index >= 15 is 0 Å². The summed E-state index contributed by atoms with van der Waals surface area (Å²) in [5.41, 5.74) is 0.542. The molecule has 0 aliphatic rings. The second kappa shape index (κ2) is 5.19. The van der Waals surface area contributed by atoms with Crippen LogP contribution in [0.1, 0.15) is 5.56 Å². The van der Waals surface area contributed by atoms with E-state index in [1.807, 2.05) is 0 Å². The van der Waals surface area contributed by atoms with Gasteiger partial charge in [0.1, 0.15) is 0 Å². The Balaban J connectivity index is 0.000000640. The van der Waals surface area contributed by atoms with Crippen LogP contribution in [0.15, 0.2) is 12.4 Å². The van der Waals surface area contributed by atoms with Crippen molar-refractivity contribution in [2.24, 2.45) is 0 Å². The predicted octanol–water partition coefficient (Wildman–Crippen LogP) is -2.73. The molecule has 0 unspecified atom stereocenters. The Morgan fingerprint density at radius 1 is 1.56 bits per heavy atom. The third-order valence-electron chi connectivity index (χ3n) is 0.692. The van der Waals surface area contributed by atoms with Crippen molar-refractivity contribution in [3.05, 3.63) is 29.4 Å². The topological polar surface area (TPSA) is 48.1 Å². The van der Waals surface area contributed by atoms with Crippen LogP contribution in [0.4, 0.5) is 0 Å². The zero-order valence-corrected chi connectivity index (χ0v) is 8.20. The van der Waals surface area contributed by atoms with Gasteiger partial charge in [0.2, 0.25) is 0 Å². The fourth-order valence-corrected chi connectivity index (χ4v) is 0.340. The first kappa shape index (κ1) is 9.39.